The van der Waals surface area contributed by atoms with Crippen molar-refractivity contribution in [2.45, 2.75) is 20.3 Å². The lowest BCUT2D eigenvalue weighted by molar-refractivity contribution is -0.115. The largest absolute Gasteiger partial charge is 0.310 e. The minimum atomic E-state index is -0.0925. The normalized spacial score (nSPS) is 11.0. The molecule has 0 aliphatic carbocycles. The Hall–Kier alpha value is -3.18. The molecule has 2 aromatic heterocycles. The highest BCUT2D eigenvalue weighted by Gasteiger charge is 2.18. The van der Waals surface area contributed by atoms with Crippen LogP contribution in [-0.2, 0) is 4.79 Å². The Balaban J connectivity index is 2.00. The number of benzene rings is 2. The Kier molecular flexibility index (Phi) is 4.84. The molecule has 140 valence electrons. The first kappa shape index (κ1) is 18.2. The van der Waals surface area contributed by atoms with Gasteiger partial charge in [-0.05, 0) is 30.2 Å². The van der Waals surface area contributed by atoms with Crippen molar-refractivity contribution in [3.8, 4) is 16.8 Å². The first-order valence-electron chi connectivity index (χ1n) is 9.06. The van der Waals surface area contributed by atoms with Crippen LogP contribution in [0.2, 0.25) is 5.02 Å². The Bertz CT molecular complexity index is 1170. The van der Waals surface area contributed by atoms with Gasteiger partial charge in [-0.3, -0.25) is 4.79 Å². The van der Waals surface area contributed by atoms with Crippen LogP contribution in [0.25, 0.3) is 27.8 Å². The molecule has 4 aromatic rings. The van der Waals surface area contributed by atoms with Crippen molar-refractivity contribution in [1.29, 1.82) is 0 Å². The zero-order chi connectivity index (χ0) is 19.7. The molecule has 0 radical (unpaired) electrons. The standard InChI is InChI=1S/C22H19ClN4O/c1-3-19(28)26-21-20-17(15-7-5-4-6-8-15)12-27(22(20)25-13-24-21)16-10-9-14(2)18(23)11-16/h4-13H,3H2,1-2H3,(H,24,25,26,28). The number of amides is 1. The molecule has 5 nitrogen and oxygen atoms in total. The van der Waals surface area contributed by atoms with Gasteiger partial charge in [0.2, 0.25) is 5.91 Å². The Labute approximate surface area is 168 Å². The van der Waals surface area contributed by atoms with E-state index in [0.717, 1.165) is 27.8 Å². The second-order valence-corrected chi connectivity index (χ2v) is 6.94. The predicted molar refractivity (Wildman–Crippen MR) is 113 cm³/mol. The van der Waals surface area contributed by atoms with Gasteiger partial charge in [-0.15, -0.1) is 0 Å². The summed E-state index contributed by atoms with van der Waals surface area (Å²) in [4.78, 5) is 20.9. The first-order valence-corrected chi connectivity index (χ1v) is 9.44. The molecule has 0 saturated heterocycles. The van der Waals surface area contributed by atoms with Crippen molar-refractivity contribution >= 4 is 34.4 Å². The zero-order valence-electron chi connectivity index (χ0n) is 15.6. The number of aryl methyl sites for hydroxylation is 1. The van der Waals surface area contributed by atoms with Gasteiger partial charge in [0.1, 0.15) is 12.1 Å². The van der Waals surface area contributed by atoms with Gasteiger partial charge in [0, 0.05) is 28.9 Å². The number of anilines is 1. The molecular weight excluding hydrogens is 372 g/mol. The summed E-state index contributed by atoms with van der Waals surface area (Å²) < 4.78 is 1.98. The number of nitrogens with zero attached hydrogens (tertiary/aromatic N) is 3. The van der Waals surface area contributed by atoms with Crippen molar-refractivity contribution in [2.24, 2.45) is 0 Å². The molecule has 0 aliphatic rings. The number of carbonyl (C=O) groups is 1. The maximum absolute atomic E-state index is 12.0. The van der Waals surface area contributed by atoms with E-state index in [2.05, 4.69) is 15.3 Å². The van der Waals surface area contributed by atoms with Crippen molar-refractivity contribution in [2.75, 3.05) is 5.32 Å². The van der Waals surface area contributed by atoms with Gasteiger partial charge in [-0.25, -0.2) is 9.97 Å². The topological polar surface area (TPSA) is 59.8 Å². The summed E-state index contributed by atoms with van der Waals surface area (Å²) in [5, 5.41) is 4.39. The number of nitrogens with one attached hydrogen (secondary N) is 1. The van der Waals surface area contributed by atoms with E-state index in [1.165, 1.54) is 6.33 Å². The van der Waals surface area contributed by atoms with Crippen molar-refractivity contribution in [1.82, 2.24) is 14.5 Å². The van der Waals surface area contributed by atoms with Crippen LogP contribution in [0.3, 0.4) is 0 Å². The summed E-state index contributed by atoms with van der Waals surface area (Å²) in [7, 11) is 0. The average Bonchev–Trinajstić information content (AvgIpc) is 3.11. The first-order chi connectivity index (χ1) is 13.6. The molecule has 2 aromatic carbocycles. The second-order valence-electron chi connectivity index (χ2n) is 6.53. The number of hydrogen-bond acceptors (Lipinski definition) is 3. The maximum Gasteiger partial charge on any atom is 0.225 e. The molecule has 1 amide bonds. The van der Waals surface area contributed by atoms with Crippen molar-refractivity contribution in [3.63, 3.8) is 0 Å². The quantitative estimate of drug-likeness (QED) is 0.507. The van der Waals surface area contributed by atoms with Crippen LogP contribution in [0, 0.1) is 6.92 Å². The van der Waals surface area contributed by atoms with E-state index in [1.807, 2.05) is 73.1 Å². The molecule has 0 unspecified atom stereocenters. The lowest BCUT2D eigenvalue weighted by Crippen LogP contribution is -2.11. The molecule has 0 spiro atoms. The second kappa shape index (κ2) is 7.44. The number of fused-ring (bicyclic) bond motifs is 1. The number of carbonyl (C=O) groups excluding carboxylic acids is 1. The van der Waals surface area contributed by atoms with E-state index in [1.54, 1.807) is 0 Å². The molecule has 0 atom stereocenters. The molecule has 0 bridgehead atoms. The molecule has 1 N–H and O–H groups in total. The van der Waals surface area contributed by atoms with Crippen molar-refractivity contribution < 1.29 is 4.79 Å². The lowest BCUT2D eigenvalue weighted by Gasteiger charge is -2.08. The van der Waals surface area contributed by atoms with Gasteiger partial charge in [-0.2, -0.15) is 0 Å². The Morgan fingerprint density at radius 1 is 1.14 bits per heavy atom. The summed E-state index contributed by atoms with van der Waals surface area (Å²) in [5.41, 5.74) is 4.58. The van der Waals surface area contributed by atoms with Crippen LogP contribution >= 0.6 is 11.6 Å². The van der Waals surface area contributed by atoms with E-state index < -0.39 is 0 Å². The molecule has 2 heterocycles. The van der Waals surface area contributed by atoms with Crippen LogP contribution in [0.5, 0.6) is 0 Å². The SMILES string of the molecule is CCC(=O)Nc1ncnc2c1c(-c1ccccc1)cn2-c1ccc(C)c(Cl)c1. The highest BCUT2D eigenvalue weighted by atomic mass is 35.5. The fourth-order valence-corrected chi connectivity index (χ4v) is 3.32. The number of halogens is 1. The van der Waals surface area contributed by atoms with Gasteiger partial charge >= 0.3 is 0 Å². The predicted octanol–water partition coefficient (Wildman–Crippen LogP) is 5.40. The van der Waals surface area contributed by atoms with Gasteiger partial charge in [0.05, 0.1) is 5.39 Å². The zero-order valence-corrected chi connectivity index (χ0v) is 16.4. The smallest absolute Gasteiger partial charge is 0.225 e. The minimum absolute atomic E-state index is 0.0925. The molecule has 0 fully saturated rings. The van der Waals surface area contributed by atoms with Gasteiger partial charge < -0.3 is 9.88 Å². The van der Waals surface area contributed by atoms with Crippen LogP contribution in [0.1, 0.15) is 18.9 Å². The molecule has 4 rings (SSSR count). The number of aromatic nitrogens is 3. The summed E-state index contributed by atoms with van der Waals surface area (Å²) in [6.45, 7) is 3.78. The Morgan fingerprint density at radius 3 is 2.64 bits per heavy atom. The monoisotopic (exact) mass is 390 g/mol. The third-order valence-electron chi connectivity index (χ3n) is 4.68. The van der Waals surface area contributed by atoms with Gasteiger partial charge in [0.25, 0.3) is 0 Å². The highest BCUT2D eigenvalue weighted by molar-refractivity contribution is 6.31. The van der Waals surface area contributed by atoms with Gasteiger partial charge in [-0.1, -0.05) is 54.9 Å². The lowest BCUT2D eigenvalue weighted by atomic mass is 10.1. The van der Waals surface area contributed by atoms with E-state index in [0.29, 0.717) is 22.9 Å². The fraction of sp³-hybridized carbons (Fsp3) is 0.136. The number of hydrogen-bond donors (Lipinski definition) is 1. The van der Waals surface area contributed by atoms with E-state index in [4.69, 9.17) is 11.6 Å². The van der Waals surface area contributed by atoms with Crippen molar-refractivity contribution in [3.05, 3.63) is 71.6 Å². The molecule has 0 saturated carbocycles. The van der Waals surface area contributed by atoms with Crippen LogP contribution in [0.4, 0.5) is 5.82 Å². The van der Waals surface area contributed by atoms with E-state index in [-0.39, 0.29) is 5.91 Å². The summed E-state index contributed by atoms with van der Waals surface area (Å²) in [6.07, 6.45) is 3.85. The summed E-state index contributed by atoms with van der Waals surface area (Å²) in [5.74, 6) is 0.415. The fourth-order valence-electron chi connectivity index (χ4n) is 3.14. The third kappa shape index (κ3) is 3.25. The average molecular weight is 391 g/mol. The summed E-state index contributed by atoms with van der Waals surface area (Å²) >= 11 is 6.35. The van der Waals surface area contributed by atoms with Crippen LogP contribution in [-0.4, -0.2) is 20.4 Å². The molecule has 0 aliphatic heterocycles. The molecule has 6 heteroatoms. The number of rotatable bonds is 4. The summed E-state index contributed by atoms with van der Waals surface area (Å²) in [6, 6.07) is 15.9. The maximum atomic E-state index is 12.0. The highest BCUT2D eigenvalue weighted by Crippen LogP contribution is 2.35. The molecule has 28 heavy (non-hydrogen) atoms. The third-order valence-corrected chi connectivity index (χ3v) is 5.09. The minimum Gasteiger partial charge on any atom is -0.310 e. The van der Waals surface area contributed by atoms with Gasteiger partial charge in [0.15, 0.2) is 5.65 Å². The van der Waals surface area contributed by atoms with E-state index in [9.17, 15) is 4.79 Å². The van der Waals surface area contributed by atoms with Crippen LogP contribution < -0.4 is 5.32 Å². The molecular formula is C22H19ClN4O. The van der Waals surface area contributed by atoms with Crippen LogP contribution in [0.15, 0.2) is 61.1 Å². The Morgan fingerprint density at radius 2 is 1.93 bits per heavy atom. The van der Waals surface area contributed by atoms with E-state index >= 15 is 0 Å².